The normalized spacial score (nSPS) is 12.8. The van der Waals surface area contributed by atoms with Gasteiger partial charge in [-0.2, -0.15) is 5.10 Å². The van der Waals surface area contributed by atoms with Crippen LogP contribution in [-0.2, 0) is 7.05 Å². The maximum Gasteiger partial charge on any atom is 0.334 e. The molecule has 1 aromatic heterocycles. The smallest absolute Gasteiger partial charge is 0.334 e. The highest BCUT2D eigenvalue weighted by Crippen LogP contribution is 2.32. The fourth-order valence-electron chi connectivity index (χ4n) is 1.70. The number of hydrogen-bond donors (Lipinski definition) is 2. The lowest BCUT2D eigenvalue weighted by atomic mass is 10.1. The Morgan fingerprint density at radius 3 is 2.56 bits per heavy atom. The van der Waals surface area contributed by atoms with Crippen LogP contribution in [0.5, 0.6) is 0 Å². The van der Waals surface area contributed by atoms with E-state index in [1.165, 1.54) is 4.68 Å². The summed E-state index contributed by atoms with van der Waals surface area (Å²) < 4.78 is 1.48. The Morgan fingerprint density at radius 1 is 1.50 bits per heavy atom. The maximum absolute atomic E-state index is 11.1. The second-order valence-corrected chi connectivity index (χ2v) is 4.68. The third kappa shape index (κ3) is 3.19. The van der Waals surface area contributed by atoms with Gasteiger partial charge in [0, 0.05) is 19.5 Å². The zero-order valence-corrected chi connectivity index (χ0v) is 11.2. The van der Waals surface area contributed by atoms with E-state index >= 15 is 0 Å². The van der Waals surface area contributed by atoms with Crippen molar-refractivity contribution in [2.45, 2.75) is 39.2 Å². The van der Waals surface area contributed by atoms with Gasteiger partial charge in [0.2, 0.25) is 5.82 Å². The van der Waals surface area contributed by atoms with Gasteiger partial charge in [-0.3, -0.25) is 10.1 Å². The molecule has 0 radical (unpaired) electrons. The quantitative estimate of drug-likeness (QED) is 0.596. The molecule has 0 bridgehead atoms. The lowest BCUT2D eigenvalue weighted by molar-refractivity contribution is -0.384. The molecule has 0 amide bonds. The highest BCUT2D eigenvalue weighted by atomic mass is 16.6. The molecule has 1 heterocycles. The van der Waals surface area contributed by atoms with E-state index in [-0.39, 0.29) is 11.6 Å². The van der Waals surface area contributed by atoms with E-state index in [1.807, 2.05) is 13.8 Å². The van der Waals surface area contributed by atoms with Crippen LogP contribution >= 0.6 is 0 Å². The lowest BCUT2D eigenvalue weighted by Gasteiger charge is -2.07. The molecule has 1 atom stereocenters. The van der Waals surface area contributed by atoms with Gasteiger partial charge in [-0.05, 0) is 13.3 Å². The standard InChI is InChI=1S/C11H20N4O3/c1-7(2)9-10(15(17)18)11(14(4)13-9)12-6-5-8(3)16/h7-8,12,16H,5-6H2,1-4H3. The van der Waals surface area contributed by atoms with Gasteiger partial charge in [-0.25, -0.2) is 4.68 Å². The first-order valence-corrected chi connectivity index (χ1v) is 5.97. The Balaban J connectivity index is 2.99. The van der Waals surface area contributed by atoms with Crippen LogP contribution in [0.3, 0.4) is 0 Å². The molecular weight excluding hydrogens is 236 g/mol. The number of anilines is 1. The SMILES string of the molecule is CC(O)CCNc1c([N+](=O)[O-])c(C(C)C)nn1C. The summed E-state index contributed by atoms with van der Waals surface area (Å²) >= 11 is 0. The fourth-order valence-corrected chi connectivity index (χ4v) is 1.70. The van der Waals surface area contributed by atoms with Gasteiger partial charge in [0.05, 0.1) is 11.0 Å². The molecule has 0 aliphatic heterocycles. The minimum absolute atomic E-state index is 0.0103. The summed E-state index contributed by atoms with van der Waals surface area (Å²) in [4.78, 5) is 10.7. The fraction of sp³-hybridized carbons (Fsp3) is 0.727. The summed E-state index contributed by atoms with van der Waals surface area (Å²) in [5.74, 6) is 0.383. The highest BCUT2D eigenvalue weighted by Gasteiger charge is 2.28. The number of aryl methyl sites for hydroxylation is 1. The van der Waals surface area contributed by atoms with E-state index in [2.05, 4.69) is 10.4 Å². The summed E-state index contributed by atoms with van der Waals surface area (Å²) in [6, 6.07) is 0. The van der Waals surface area contributed by atoms with Crippen LogP contribution in [0.25, 0.3) is 0 Å². The molecule has 0 aliphatic rings. The number of aliphatic hydroxyl groups is 1. The topological polar surface area (TPSA) is 93.2 Å². The average molecular weight is 256 g/mol. The molecule has 7 heteroatoms. The predicted molar refractivity (Wildman–Crippen MR) is 68.7 cm³/mol. The Labute approximate surface area is 106 Å². The minimum Gasteiger partial charge on any atom is -0.393 e. The van der Waals surface area contributed by atoms with E-state index in [0.717, 1.165) is 0 Å². The summed E-state index contributed by atoms with van der Waals surface area (Å²) in [5, 5.41) is 27.4. The number of rotatable bonds is 6. The van der Waals surface area contributed by atoms with Gasteiger partial charge < -0.3 is 10.4 Å². The molecule has 0 saturated heterocycles. The molecular formula is C11H20N4O3. The van der Waals surface area contributed by atoms with Crippen LogP contribution in [-0.4, -0.2) is 32.5 Å². The lowest BCUT2D eigenvalue weighted by Crippen LogP contribution is -2.12. The van der Waals surface area contributed by atoms with Gasteiger partial charge in [0.25, 0.3) is 0 Å². The van der Waals surface area contributed by atoms with Crippen LogP contribution in [0.4, 0.5) is 11.5 Å². The summed E-state index contributed by atoms with van der Waals surface area (Å²) in [6.07, 6.45) is 0.0913. The van der Waals surface area contributed by atoms with Gasteiger partial charge >= 0.3 is 5.69 Å². The van der Waals surface area contributed by atoms with Crippen LogP contribution in [0.1, 0.15) is 38.8 Å². The van der Waals surface area contributed by atoms with Crippen molar-refractivity contribution in [1.29, 1.82) is 0 Å². The van der Waals surface area contributed by atoms with Crippen molar-refractivity contribution in [3.05, 3.63) is 15.8 Å². The Kier molecular flexibility index (Phi) is 4.66. The summed E-state index contributed by atoms with van der Waals surface area (Å²) in [5.41, 5.74) is 0.500. The third-order valence-electron chi connectivity index (χ3n) is 2.63. The molecule has 1 rings (SSSR count). The molecule has 0 spiro atoms. The molecule has 102 valence electrons. The first kappa shape index (κ1) is 14.4. The van der Waals surface area contributed by atoms with Gasteiger partial charge in [-0.1, -0.05) is 13.8 Å². The Hall–Kier alpha value is -1.63. The van der Waals surface area contributed by atoms with Crippen molar-refractivity contribution in [1.82, 2.24) is 9.78 Å². The predicted octanol–water partition coefficient (Wildman–Crippen LogP) is 1.63. The number of aliphatic hydroxyl groups excluding tert-OH is 1. The number of nitro groups is 1. The minimum atomic E-state index is -0.436. The molecule has 0 saturated carbocycles. The van der Waals surface area contributed by atoms with Crippen molar-refractivity contribution in [2.75, 3.05) is 11.9 Å². The van der Waals surface area contributed by atoms with Crippen LogP contribution in [0.2, 0.25) is 0 Å². The molecule has 0 aromatic carbocycles. The number of nitrogens with one attached hydrogen (secondary N) is 1. The maximum atomic E-state index is 11.1. The number of aromatic nitrogens is 2. The summed E-state index contributed by atoms with van der Waals surface area (Å²) in [7, 11) is 1.67. The van der Waals surface area contributed by atoms with Crippen molar-refractivity contribution >= 4 is 11.5 Å². The van der Waals surface area contributed by atoms with E-state index in [9.17, 15) is 15.2 Å². The molecule has 7 nitrogen and oxygen atoms in total. The Bertz CT molecular complexity index is 426. The van der Waals surface area contributed by atoms with E-state index in [1.54, 1.807) is 14.0 Å². The molecule has 0 fully saturated rings. The monoisotopic (exact) mass is 256 g/mol. The molecule has 2 N–H and O–H groups in total. The second-order valence-electron chi connectivity index (χ2n) is 4.68. The molecule has 1 aromatic rings. The van der Waals surface area contributed by atoms with Crippen molar-refractivity contribution < 1.29 is 10.0 Å². The number of hydrogen-bond acceptors (Lipinski definition) is 5. The Morgan fingerprint density at radius 2 is 2.11 bits per heavy atom. The zero-order chi connectivity index (χ0) is 13.9. The van der Waals surface area contributed by atoms with Crippen molar-refractivity contribution in [3.63, 3.8) is 0 Å². The van der Waals surface area contributed by atoms with Crippen molar-refractivity contribution in [3.8, 4) is 0 Å². The molecule has 18 heavy (non-hydrogen) atoms. The largest absolute Gasteiger partial charge is 0.393 e. The van der Waals surface area contributed by atoms with E-state index < -0.39 is 11.0 Å². The second kappa shape index (κ2) is 5.81. The van der Waals surface area contributed by atoms with Gasteiger partial charge in [0.15, 0.2) is 0 Å². The highest BCUT2D eigenvalue weighted by molar-refractivity contribution is 5.60. The van der Waals surface area contributed by atoms with Gasteiger partial charge in [0.1, 0.15) is 5.69 Å². The number of nitrogens with zero attached hydrogens (tertiary/aromatic N) is 3. The van der Waals surface area contributed by atoms with E-state index in [0.29, 0.717) is 24.5 Å². The van der Waals surface area contributed by atoms with Crippen LogP contribution < -0.4 is 5.32 Å². The molecule has 0 aliphatic carbocycles. The van der Waals surface area contributed by atoms with Gasteiger partial charge in [-0.15, -0.1) is 0 Å². The van der Waals surface area contributed by atoms with Crippen LogP contribution in [0, 0.1) is 10.1 Å². The summed E-state index contributed by atoms with van der Waals surface area (Å²) in [6.45, 7) is 5.89. The van der Waals surface area contributed by atoms with E-state index in [4.69, 9.17) is 0 Å². The first-order valence-electron chi connectivity index (χ1n) is 5.97. The zero-order valence-electron chi connectivity index (χ0n) is 11.2. The molecule has 1 unspecified atom stereocenters. The third-order valence-corrected chi connectivity index (χ3v) is 2.63. The average Bonchev–Trinajstić information content (AvgIpc) is 2.56. The van der Waals surface area contributed by atoms with Crippen molar-refractivity contribution in [2.24, 2.45) is 7.05 Å². The van der Waals surface area contributed by atoms with Crippen LogP contribution in [0.15, 0.2) is 0 Å². The first-order chi connectivity index (χ1) is 8.34.